The SMILES string of the molecule is CC=Cc1ccc(OC)cc1S(=O)(=O)[O-]. The summed E-state index contributed by atoms with van der Waals surface area (Å²) in [5.74, 6) is 0.345. The molecule has 1 aromatic carbocycles. The van der Waals surface area contributed by atoms with Crippen LogP contribution in [0.5, 0.6) is 5.75 Å². The second-order valence-corrected chi connectivity index (χ2v) is 4.21. The molecule has 0 radical (unpaired) electrons. The first kappa shape index (κ1) is 11.7. The van der Waals surface area contributed by atoms with Gasteiger partial charge < -0.3 is 9.29 Å². The number of ether oxygens (including phenoxy) is 1. The van der Waals surface area contributed by atoms with Crippen molar-refractivity contribution in [1.29, 1.82) is 0 Å². The summed E-state index contributed by atoms with van der Waals surface area (Å²) < 4.78 is 37.7. The first-order chi connectivity index (χ1) is 6.99. The molecule has 0 atom stereocenters. The van der Waals surface area contributed by atoms with Crippen LogP contribution in [0.2, 0.25) is 0 Å². The largest absolute Gasteiger partial charge is 0.744 e. The van der Waals surface area contributed by atoms with Gasteiger partial charge in [-0.25, -0.2) is 8.42 Å². The Morgan fingerprint density at radius 1 is 1.40 bits per heavy atom. The van der Waals surface area contributed by atoms with Crippen molar-refractivity contribution in [1.82, 2.24) is 0 Å². The number of methoxy groups -OCH3 is 1. The van der Waals surface area contributed by atoms with Gasteiger partial charge in [-0.05, 0) is 24.6 Å². The van der Waals surface area contributed by atoms with Gasteiger partial charge in [0.2, 0.25) is 0 Å². The van der Waals surface area contributed by atoms with Gasteiger partial charge in [-0.15, -0.1) is 0 Å². The van der Waals surface area contributed by atoms with Crippen LogP contribution in [-0.4, -0.2) is 20.1 Å². The molecular formula is C10H11O4S-. The van der Waals surface area contributed by atoms with E-state index >= 15 is 0 Å². The average molecular weight is 227 g/mol. The van der Waals surface area contributed by atoms with Crippen molar-refractivity contribution in [3.8, 4) is 5.75 Å². The lowest BCUT2D eigenvalue weighted by molar-refractivity contribution is 0.412. The number of hydrogen-bond donors (Lipinski definition) is 0. The van der Waals surface area contributed by atoms with Gasteiger partial charge in [-0.3, -0.25) is 0 Å². The number of rotatable bonds is 3. The van der Waals surface area contributed by atoms with E-state index in [2.05, 4.69) is 0 Å². The van der Waals surface area contributed by atoms with Crippen LogP contribution in [-0.2, 0) is 10.1 Å². The molecule has 0 amide bonds. The minimum Gasteiger partial charge on any atom is -0.744 e. The molecule has 0 aliphatic carbocycles. The van der Waals surface area contributed by atoms with Crippen LogP contribution in [0.4, 0.5) is 0 Å². The summed E-state index contributed by atoms with van der Waals surface area (Å²) in [7, 11) is -3.06. The van der Waals surface area contributed by atoms with Crippen LogP contribution < -0.4 is 4.74 Å². The van der Waals surface area contributed by atoms with E-state index < -0.39 is 10.1 Å². The maximum Gasteiger partial charge on any atom is 0.125 e. The molecule has 5 heteroatoms. The Bertz CT molecular complexity index is 474. The Labute approximate surface area is 88.9 Å². The van der Waals surface area contributed by atoms with Crippen molar-refractivity contribution in [2.75, 3.05) is 7.11 Å². The topological polar surface area (TPSA) is 66.4 Å². The van der Waals surface area contributed by atoms with E-state index in [-0.39, 0.29) is 4.90 Å². The zero-order valence-electron chi connectivity index (χ0n) is 8.43. The maximum atomic E-state index is 11.0. The first-order valence-corrected chi connectivity index (χ1v) is 5.66. The summed E-state index contributed by atoms with van der Waals surface area (Å²) in [6.45, 7) is 1.74. The van der Waals surface area contributed by atoms with Gasteiger partial charge in [0.25, 0.3) is 0 Å². The first-order valence-electron chi connectivity index (χ1n) is 4.25. The van der Waals surface area contributed by atoms with Crippen molar-refractivity contribution in [3.05, 3.63) is 29.8 Å². The van der Waals surface area contributed by atoms with Gasteiger partial charge in [0.15, 0.2) is 0 Å². The molecule has 1 rings (SSSR count). The van der Waals surface area contributed by atoms with Crippen molar-refractivity contribution in [2.45, 2.75) is 11.8 Å². The molecule has 1 aromatic rings. The van der Waals surface area contributed by atoms with Gasteiger partial charge >= 0.3 is 0 Å². The molecule has 0 aliphatic heterocycles. The van der Waals surface area contributed by atoms with Gasteiger partial charge in [0.05, 0.1) is 12.0 Å². The fraction of sp³-hybridized carbons (Fsp3) is 0.200. The lowest BCUT2D eigenvalue weighted by atomic mass is 10.2. The van der Waals surface area contributed by atoms with Crippen LogP contribution in [0.1, 0.15) is 12.5 Å². The van der Waals surface area contributed by atoms with Crippen LogP contribution in [0.15, 0.2) is 29.2 Å². The summed E-state index contributed by atoms with van der Waals surface area (Å²) >= 11 is 0. The zero-order valence-corrected chi connectivity index (χ0v) is 9.24. The highest BCUT2D eigenvalue weighted by molar-refractivity contribution is 7.85. The third kappa shape index (κ3) is 2.81. The molecule has 15 heavy (non-hydrogen) atoms. The molecule has 0 aromatic heterocycles. The van der Waals surface area contributed by atoms with Gasteiger partial charge in [-0.1, -0.05) is 18.2 Å². The zero-order chi connectivity index (χ0) is 11.5. The predicted octanol–water partition coefficient (Wildman–Crippen LogP) is 1.63. The maximum absolute atomic E-state index is 11.0. The van der Waals surface area contributed by atoms with Crippen LogP contribution in [0, 0.1) is 0 Å². The fourth-order valence-electron chi connectivity index (χ4n) is 1.18. The quantitative estimate of drug-likeness (QED) is 0.736. The molecule has 0 heterocycles. The highest BCUT2D eigenvalue weighted by atomic mass is 32.2. The molecule has 0 saturated carbocycles. The third-order valence-corrected chi connectivity index (χ3v) is 2.73. The monoisotopic (exact) mass is 227 g/mol. The molecule has 0 fully saturated rings. The Hall–Kier alpha value is -1.33. The minimum atomic E-state index is -4.47. The molecule has 0 unspecified atom stereocenters. The predicted molar refractivity (Wildman–Crippen MR) is 55.7 cm³/mol. The van der Waals surface area contributed by atoms with Crippen LogP contribution in [0.25, 0.3) is 6.08 Å². The van der Waals surface area contributed by atoms with Crippen molar-refractivity contribution in [3.63, 3.8) is 0 Å². The second-order valence-electron chi connectivity index (χ2n) is 2.86. The molecule has 0 N–H and O–H groups in total. The molecule has 0 saturated heterocycles. The summed E-state index contributed by atoms with van der Waals surface area (Å²) in [6.07, 6.45) is 3.22. The van der Waals surface area contributed by atoms with Crippen molar-refractivity contribution >= 4 is 16.2 Å². The van der Waals surface area contributed by atoms with E-state index in [4.69, 9.17) is 4.74 Å². The second kappa shape index (κ2) is 4.46. The molecule has 0 bridgehead atoms. The molecule has 0 aliphatic rings. The van der Waals surface area contributed by atoms with E-state index in [1.807, 2.05) is 0 Å². The fourth-order valence-corrected chi connectivity index (χ4v) is 1.86. The van der Waals surface area contributed by atoms with E-state index in [1.54, 1.807) is 25.1 Å². The van der Waals surface area contributed by atoms with Crippen molar-refractivity contribution in [2.24, 2.45) is 0 Å². The number of benzene rings is 1. The Kier molecular flexibility index (Phi) is 3.49. The average Bonchev–Trinajstić information content (AvgIpc) is 2.17. The van der Waals surface area contributed by atoms with Gasteiger partial charge in [0, 0.05) is 0 Å². The van der Waals surface area contributed by atoms with E-state index in [0.717, 1.165) is 0 Å². The third-order valence-electron chi connectivity index (χ3n) is 1.84. The lowest BCUT2D eigenvalue weighted by Gasteiger charge is -2.11. The van der Waals surface area contributed by atoms with Gasteiger partial charge in [0.1, 0.15) is 15.9 Å². The number of hydrogen-bond acceptors (Lipinski definition) is 4. The highest BCUT2D eigenvalue weighted by Crippen LogP contribution is 2.22. The van der Waals surface area contributed by atoms with Crippen LogP contribution in [0.3, 0.4) is 0 Å². The van der Waals surface area contributed by atoms with E-state index in [0.29, 0.717) is 11.3 Å². The highest BCUT2D eigenvalue weighted by Gasteiger charge is 2.08. The van der Waals surface area contributed by atoms with Gasteiger partial charge in [-0.2, -0.15) is 0 Å². The summed E-state index contributed by atoms with van der Waals surface area (Å²) in [6, 6.07) is 4.35. The summed E-state index contributed by atoms with van der Waals surface area (Å²) in [4.78, 5) is -0.264. The Morgan fingerprint density at radius 3 is 2.53 bits per heavy atom. The lowest BCUT2D eigenvalue weighted by Crippen LogP contribution is -2.01. The van der Waals surface area contributed by atoms with E-state index in [1.165, 1.54) is 19.2 Å². The smallest absolute Gasteiger partial charge is 0.125 e. The summed E-state index contributed by atoms with van der Waals surface area (Å²) in [5, 5.41) is 0. The van der Waals surface area contributed by atoms with Crippen molar-refractivity contribution < 1.29 is 17.7 Å². The molecule has 0 spiro atoms. The standard InChI is InChI=1S/C10H12O4S/c1-3-4-8-5-6-9(14-2)7-10(8)15(11,12)13/h3-7H,1-2H3,(H,11,12,13)/p-1. The van der Waals surface area contributed by atoms with E-state index in [9.17, 15) is 13.0 Å². The Balaban J connectivity index is 3.42. The molecule has 4 nitrogen and oxygen atoms in total. The number of allylic oxidation sites excluding steroid dienone is 1. The minimum absolute atomic E-state index is 0.264. The Morgan fingerprint density at radius 2 is 2.07 bits per heavy atom. The molecule has 82 valence electrons. The molecular weight excluding hydrogens is 216 g/mol. The van der Waals surface area contributed by atoms with Crippen LogP contribution >= 0.6 is 0 Å². The summed E-state index contributed by atoms with van der Waals surface area (Å²) in [5.41, 5.74) is 0.369. The normalized spacial score (nSPS) is 11.9.